The first kappa shape index (κ1) is 22.7. The molecular formula is C26H35N3O3. The van der Waals surface area contributed by atoms with Crippen LogP contribution in [0, 0.1) is 0 Å². The van der Waals surface area contributed by atoms with E-state index in [-0.39, 0.29) is 18.4 Å². The van der Waals surface area contributed by atoms with Gasteiger partial charge in [0, 0.05) is 24.7 Å². The third kappa shape index (κ3) is 6.53. The number of ether oxygens (including phenoxy) is 1. The second-order valence-corrected chi connectivity index (χ2v) is 9.05. The zero-order valence-electron chi connectivity index (χ0n) is 18.8. The third-order valence-electron chi connectivity index (χ3n) is 6.55. The lowest BCUT2D eigenvalue weighted by Gasteiger charge is -2.33. The van der Waals surface area contributed by atoms with Crippen LogP contribution in [-0.2, 0) is 22.4 Å². The third-order valence-corrected chi connectivity index (χ3v) is 6.55. The Morgan fingerprint density at radius 2 is 2.09 bits per heavy atom. The molecule has 2 atom stereocenters. The number of anilines is 1. The Morgan fingerprint density at radius 3 is 2.94 bits per heavy atom. The number of likely N-dealkylation sites (tertiary alicyclic amines) is 1. The van der Waals surface area contributed by atoms with E-state index in [1.165, 1.54) is 17.7 Å². The molecule has 0 spiro atoms. The van der Waals surface area contributed by atoms with E-state index in [1.54, 1.807) is 0 Å². The maximum atomic E-state index is 11.3. The molecule has 3 heterocycles. The lowest BCUT2D eigenvalue weighted by Crippen LogP contribution is -2.40. The van der Waals surface area contributed by atoms with E-state index in [0.717, 1.165) is 69.7 Å². The van der Waals surface area contributed by atoms with Gasteiger partial charge in [0.15, 0.2) is 0 Å². The van der Waals surface area contributed by atoms with Gasteiger partial charge in [0.2, 0.25) is 0 Å². The number of piperidine rings is 1. The van der Waals surface area contributed by atoms with Gasteiger partial charge in [-0.3, -0.25) is 4.79 Å². The topological polar surface area (TPSA) is 74.7 Å². The highest BCUT2D eigenvalue weighted by Gasteiger charge is 2.23. The average Bonchev–Trinajstić information content (AvgIpc) is 2.82. The molecule has 1 saturated heterocycles. The Kier molecular flexibility index (Phi) is 8.13. The highest BCUT2D eigenvalue weighted by molar-refractivity contribution is 5.68. The highest BCUT2D eigenvalue weighted by Crippen LogP contribution is 2.23. The van der Waals surface area contributed by atoms with E-state index in [0.29, 0.717) is 6.61 Å². The zero-order valence-corrected chi connectivity index (χ0v) is 18.8. The molecule has 0 bridgehead atoms. The van der Waals surface area contributed by atoms with Crippen molar-refractivity contribution < 1.29 is 14.6 Å². The molecule has 6 nitrogen and oxygen atoms in total. The van der Waals surface area contributed by atoms with Crippen molar-refractivity contribution in [3.05, 3.63) is 59.3 Å². The summed E-state index contributed by atoms with van der Waals surface area (Å²) in [5.41, 5.74) is 3.55. The van der Waals surface area contributed by atoms with Gasteiger partial charge in [-0.2, -0.15) is 0 Å². The number of rotatable bonds is 10. The van der Waals surface area contributed by atoms with Crippen LogP contribution in [0.1, 0.15) is 54.8 Å². The number of carbonyl (C=O) groups is 1. The molecule has 6 heteroatoms. The largest absolute Gasteiger partial charge is 0.481 e. The van der Waals surface area contributed by atoms with Crippen molar-refractivity contribution in [2.45, 2.75) is 57.0 Å². The fraction of sp³-hybridized carbons (Fsp3) is 0.538. The van der Waals surface area contributed by atoms with Crippen LogP contribution in [0.15, 0.2) is 42.5 Å². The molecule has 4 rings (SSSR count). The van der Waals surface area contributed by atoms with Crippen LogP contribution in [0.2, 0.25) is 0 Å². The second-order valence-electron chi connectivity index (χ2n) is 9.05. The first-order valence-corrected chi connectivity index (χ1v) is 12.0. The molecule has 1 fully saturated rings. The van der Waals surface area contributed by atoms with E-state index >= 15 is 0 Å². The van der Waals surface area contributed by atoms with Gasteiger partial charge in [-0.15, -0.1) is 0 Å². The zero-order chi connectivity index (χ0) is 22.2. The number of nitrogens with one attached hydrogen (secondary N) is 1. The summed E-state index contributed by atoms with van der Waals surface area (Å²) in [6, 6.07) is 14.3. The fourth-order valence-electron chi connectivity index (χ4n) is 4.81. The molecule has 2 N–H and O–H groups in total. The Morgan fingerprint density at radius 1 is 1.22 bits per heavy atom. The van der Waals surface area contributed by atoms with Crippen molar-refractivity contribution in [1.29, 1.82) is 0 Å². The molecule has 0 aliphatic carbocycles. The summed E-state index contributed by atoms with van der Waals surface area (Å²) >= 11 is 0. The van der Waals surface area contributed by atoms with Gasteiger partial charge in [0.05, 0.1) is 19.1 Å². The molecular weight excluding hydrogens is 402 g/mol. The predicted molar refractivity (Wildman–Crippen MR) is 126 cm³/mol. The molecule has 1 aromatic carbocycles. The van der Waals surface area contributed by atoms with Gasteiger partial charge in [0.1, 0.15) is 5.82 Å². The molecule has 32 heavy (non-hydrogen) atoms. The molecule has 2 aliphatic rings. The Labute approximate surface area is 191 Å². The number of carboxylic acid groups (broad SMARTS) is 1. The van der Waals surface area contributed by atoms with Gasteiger partial charge in [0.25, 0.3) is 0 Å². The van der Waals surface area contributed by atoms with Gasteiger partial charge in [-0.25, -0.2) is 4.98 Å². The summed E-state index contributed by atoms with van der Waals surface area (Å²) in [7, 11) is 0. The van der Waals surface area contributed by atoms with Gasteiger partial charge in [-0.05, 0) is 68.8 Å². The predicted octanol–water partition coefficient (Wildman–Crippen LogP) is 4.11. The molecule has 1 unspecified atom stereocenters. The SMILES string of the molecule is O=C(O)CC(CO[C@@H]1CCCN(CCCc2ccc3c(n2)NCCC3)C1)c1ccccc1. The Hall–Kier alpha value is -2.44. The monoisotopic (exact) mass is 437 g/mol. The molecule has 2 aromatic rings. The van der Waals surface area contributed by atoms with Crippen LogP contribution in [-0.4, -0.2) is 59.8 Å². The van der Waals surface area contributed by atoms with E-state index in [4.69, 9.17) is 9.72 Å². The molecule has 0 amide bonds. The maximum absolute atomic E-state index is 11.3. The standard InChI is InChI=1S/C26H35N3O3/c30-25(31)17-22(20-7-2-1-3-8-20)19-32-24-11-6-16-29(18-24)15-5-10-23-13-12-21-9-4-14-27-26(21)28-23/h1-3,7-8,12-13,22,24H,4-6,9-11,14-19H2,(H,27,28)(H,30,31)/t22?,24-/m1/s1. The van der Waals surface area contributed by atoms with Gasteiger partial charge < -0.3 is 20.1 Å². The lowest BCUT2D eigenvalue weighted by atomic mass is 9.96. The highest BCUT2D eigenvalue weighted by atomic mass is 16.5. The molecule has 0 saturated carbocycles. The molecule has 172 valence electrons. The minimum atomic E-state index is -0.779. The van der Waals surface area contributed by atoms with Crippen LogP contribution in [0.25, 0.3) is 0 Å². The van der Waals surface area contributed by atoms with E-state index in [9.17, 15) is 9.90 Å². The van der Waals surface area contributed by atoms with Gasteiger partial charge in [-0.1, -0.05) is 36.4 Å². The second kappa shape index (κ2) is 11.4. The van der Waals surface area contributed by atoms with Crippen molar-refractivity contribution in [3.63, 3.8) is 0 Å². The molecule has 0 radical (unpaired) electrons. The number of aryl methyl sites for hydroxylation is 2. The Bertz CT molecular complexity index is 874. The maximum Gasteiger partial charge on any atom is 0.304 e. The summed E-state index contributed by atoms with van der Waals surface area (Å²) in [6.07, 6.45) is 6.84. The van der Waals surface area contributed by atoms with Crippen molar-refractivity contribution in [2.75, 3.05) is 38.1 Å². The summed E-state index contributed by atoms with van der Waals surface area (Å²) in [5, 5.41) is 12.7. The van der Waals surface area contributed by atoms with Crippen molar-refractivity contribution >= 4 is 11.8 Å². The number of hydrogen-bond donors (Lipinski definition) is 2. The van der Waals surface area contributed by atoms with Crippen molar-refractivity contribution in [2.24, 2.45) is 0 Å². The minimum absolute atomic E-state index is 0.100. The van der Waals surface area contributed by atoms with Crippen LogP contribution >= 0.6 is 0 Å². The number of nitrogens with zero attached hydrogens (tertiary/aromatic N) is 2. The number of aliphatic carboxylic acids is 1. The summed E-state index contributed by atoms with van der Waals surface area (Å²) in [5.74, 6) is 0.195. The van der Waals surface area contributed by atoms with Crippen LogP contribution in [0.4, 0.5) is 5.82 Å². The molecule has 2 aliphatic heterocycles. The quantitative estimate of drug-likeness (QED) is 0.583. The fourth-order valence-corrected chi connectivity index (χ4v) is 4.81. The number of hydrogen-bond acceptors (Lipinski definition) is 5. The van der Waals surface area contributed by atoms with Gasteiger partial charge >= 0.3 is 5.97 Å². The van der Waals surface area contributed by atoms with Crippen LogP contribution in [0.3, 0.4) is 0 Å². The Balaban J connectivity index is 1.23. The van der Waals surface area contributed by atoms with E-state index in [1.807, 2.05) is 30.3 Å². The summed E-state index contributed by atoms with van der Waals surface area (Å²) in [6.45, 7) is 4.56. The summed E-state index contributed by atoms with van der Waals surface area (Å²) < 4.78 is 6.23. The number of aromatic nitrogens is 1. The van der Waals surface area contributed by atoms with Crippen LogP contribution < -0.4 is 5.32 Å². The lowest BCUT2D eigenvalue weighted by molar-refractivity contribution is -0.138. The van der Waals surface area contributed by atoms with Crippen molar-refractivity contribution in [3.8, 4) is 0 Å². The van der Waals surface area contributed by atoms with Crippen molar-refractivity contribution in [1.82, 2.24) is 9.88 Å². The number of pyridine rings is 1. The molecule has 1 aromatic heterocycles. The first-order valence-electron chi connectivity index (χ1n) is 12.0. The van der Waals surface area contributed by atoms with E-state index in [2.05, 4.69) is 22.3 Å². The van der Waals surface area contributed by atoms with E-state index < -0.39 is 5.97 Å². The summed E-state index contributed by atoms with van der Waals surface area (Å²) in [4.78, 5) is 18.6. The number of carboxylic acids is 1. The smallest absolute Gasteiger partial charge is 0.304 e. The number of benzene rings is 1. The average molecular weight is 438 g/mol. The first-order chi connectivity index (χ1) is 15.7. The number of fused-ring (bicyclic) bond motifs is 1. The normalized spacial score (nSPS) is 19.7. The van der Waals surface area contributed by atoms with Crippen LogP contribution in [0.5, 0.6) is 0 Å². The minimum Gasteiger partial charge on any atom is -0.481 e.